The van der Waals surface area contributed by atoms with Crippen molar-refractivity contribution in [2.24, 2.45) is 5.92 Å². The molecular formula is C13H24ClN3O2. The first-order valence-electron chi connectivity index (χ1n) is 6.86. The quantitative estimate of drug-likeness (QED) is 0.805. The van der Waals surface area contributed by atoms with Crippen LogP contribution in [0.15, 0.2) is 0 Å². The third-order valence-electron chi connectivity index (χ3n) is 4.26. The molecule has 0 aromatic rings. The minimum Gasteiger partial charge on any atom is -0.342 e. The van der Waals surface area contributed by atoms with Crippen LogP contribution >= 0.6 is 12.4 Å². The Morgan fingerprint density at radius 1 is 1.42 bits per heavy atom. The van der Waals surface area contributed by atoms with Crippen LogP contribution in [0.4, 0.5) is 0 Å². The zero-order chi connectivity index (χ0) is 13.3. The molecule has 110 valence electrons. The first-order chi connectivity index (χ1) is 8.54. The van der Waals surface area contributed by atoms with Crippen LogP contribution < -0.4 is 5.32 Å². The zero-order valence-electron chi connectivity index (χ0n) is 11.9. The summed E-state index contributed by atoms with van der Waals surface area (Å²) in [6, 6.07) is 0.527. The Kier molecular flexibility index (Phi) is 5.62. The summed E-state index contributed by atoms with van der Waals surface area (Å²) in [5, 5.41) is 3.36. The topological polar surface area (TPSA) is 52.7 Å². The molecule has 0 aromatic heterocycles. The molecule has 0 saturated carbocycles. The summed E-state index contributed by atoms with van der Waals surface area (Å²) < 4.78 is 0. The molecule has 3 atom stereocenters. The lowest BCUT2D eigenvalue weighted by atomic mass is 10.0. The average molecular weight is 290 g/mol. The second-order valence-electron chi connectivity index (χ2n) is 5.35. The number of piperazine rings is 1. The normalized spacial score (nSPS) is 31.3. The van der Waals surface area contributed by atoms with E-state index in [0.29, 0.717) is 25.6 Å². The third-order valence-corrected chi connectivity index (χ3v) is 4.26. The van der Waals surface area contributed by atoms with Crippen LogP contribution in [0.3, 0.4) is 0 Å². The predicted molar refractivity (Wildman–Crippen MR) is 76.2 cm³/mol. The number of carbonyl (C=O) groups excluding carboxylic acids is 2. The fourth-order valence-corrected chi connectivity index (χ4v) is 2.85. The lowest BCUT2D eigenvalue weighted by Gasteiger charge is -2.39. The number of amides is 2. The van der Waals surface area contributed by atoms with Gasteiger partial charge in [-0.2, -0.15) is 0 Å². The number of hydrogen-bond acceptors (Lipinski definition) is 3. The molecule has 2 fully saturated rings. The van der Waals surface area contributed by atoms with E-state index in [4.69, 9.17) is 0 Å². The monoisotopic (exact) mass is 289 g/mol. The molecule has 6 heteroatoms. The van der Waals surface area contributed by atoms with Gasteiger partial charge in [-0.1, -0.05) is 0 Å². The van der Waals surface area contributed by atoms with Crippen LogP contribution in [0.5, 0.6) is 0 Å². The molecule has 2 aliphatic heterocycles. The third kappa shape index (κ3) is 3.20. The Hall–Kier alpha value is -0.810. The Balaban J connectivity index is 0.00000180. The molecule has 1 N–H and O–H groups in total. The number of halogens is 1. The molecule has 2 amide bonds. The van der Waals surface area contributed by atoms with Gasteiger partial charge in [0.1, 0.15) is 0 Å². The van der Waals surface area contributed by atoms with Crippen molar-refractivity contribution in [2.45, 2.75) is 39.3 Å². The van der Waals surface area contributed by atoms with Crippen molar-refractivity contribution in [2.75, 3.05) is 26.2 Å². The van der Waals surface area contributed by atoms with E-state index in [-0.39, 0.29) is 36.2 Å². The number of hydrogen-bond donors (Lipinski definition) is 1. The number of rotatable bonds is 2. The van der Waals surface area contributed by atoms with Crippen molar-refractivity contribution >= 4 is 24.2 Å². The molecule has 0 aromatic carbocycles. The van der Waals surface area contributed by atoms with E-state index in [9.17, 15) is 9.59 Å². The number of nitrogens with zero attached hydrogens (tertiary/aromatic N) is 2. The van der Waals surface area contributed by atoms with Crippen LogP contribution in [-0.2, 0) is 9.59 Å². The minimum atomic E-state index is -0.134. The summed E-state index contributed by atoms with van der Waals surface area (Å²) >= 11 is 0. The number of carbonyl (C=O) groups is 2. The molecule has 0 bridgehead atoms. The van der Waals surface area contributed by atoms with Crippen LogP contribution in [0, 0.1) is 5.92 Å². The van der Waals surface area contributed by atoms with Crippen LogP contribution in [0.25, 0.3) is 0 Å². The molecule has 0 aliphatic carbocycles. The molecule has 2 rings (SSSR count). The number of likely N-dealkylation sites (tertiary alicyclic amines) is 1. The molecular weight excluding hydrogens is 266 g/mol. The van der Waals surface area contributed by atoms with Gasteiger partial charge in [0.05, 0.1) is 5.92 Å². The Bertz CT molecular complexity index is 351. The smallest absolute Gasteiger partial charge is 0.228 e. The molecule has 0 radical (unpaired) electrons. The maximum Gasteiger partial charge on any atom is 0.228 e. The van der Waals surface area contributed by atoms with E-state index >= 15 is 0 Å². The molecule has 3 unspecified atom stereocenters. The van der Waals surface area contributed by atoms with Crippen molar-refractivity contribution in [3.05, 3.63) is 0 Å². The second-order valence-corrected chi connectivity index (χ2v) is 5.35. The van der Waals surface area contributed by atoms with Crippen molar-refractivity contribution in [3.8, 4) is 0 Å². The highest BCUT2D eigenvalue weighted by atomic mass is 35.5. The van der Waals surface area contributed by atoms with Crippen LogP contribution in [0.2, 0.25) is 0 Å². The largest absolute Gasteiger partial charge is 0.342 e. The fraction of sp³-hybridized carbons (Fsp3) is 0.846. The highest BCUT2D eigenvalue weighted by molar-refractivity contribution is 5.89. The molecule has 0 spiro atoms. The Morgan fingerprint density at radius 2 is 2.11 bits per heavy atom. The Morgan fingerprint density at radius 3 is 2.68 bits per heavy atom. The lowest BCUT2D eigenvalue weighted by molar-refractivity contribution is -0.139. The molecule has 2 heterocycles. The van der Waals surface area contributed by atoms with Crippen molar-refractivity contribution in [3.63, 3.8) is 0 Å². The van der Waals surface area contributed by atoms with Gasteiger partial charge in [0.2, 0.25) is 11.8 Å². The first-order valence-corrected chi connectivity index (χ1v) is 6.86. The van der Waals surface area contributed by atoms with Crippen molar-refractivity contribution in [1.82, 2.24) is 15.1 Å². The zero-order valence-corrected chi connectivity index (χ0v) is 12.7. The van der Waals surface area contributed by atoms with E-state index in [1.807, 2.05) is 11.8 Å². The molecule has 2 aliphatic rings. The average Bonchev–Trinajstić information content (AvgIpc) is 2.73. The summed E-state index contributed by atoms with van der Waals surface area (Å²) in [6.45, 7) is 9.03. The van der Waals surface area contributed by atoms with Gasteiger partial charge < -0.3 is 15.1 Å². The summed E-state index contributed by atoms with van der Waals surface area (Å²) in [5.74, 6) is 0.136. The second kappa shape index (κ2) is 6.57. The SMILES string of the molecule is CCN1CC(C(=O)N2CCNC(C)C2C)CC1=O.Cl. The van der Waals surface area contributed by atoms with Gasteiger partial charge in [0.15, 0.2) is 0 Å². The highest BCUT2D eigenvalue weighted by Crippen LogP contribution is 2.22. The summed E-state index contributed by atoms with van der Waals surface area (Å²) in [4.78, 5) is 27.9. The van der Waals surface area contributed by atoms with Gasteiger partial charge in [-0.25, -0.2) is 0 Å². The van der Waals surface area contributed by atoms with Crippen molar-refractivity contribution < 1.29 is 9.59 Å². The standard InChI is InChI=1S/C13H23N3O2.ClH/c1-4-15-8-11(7-12(15)17)13(18)16-6-5-14-9(2)10(16)3;/h9-11,14H,4-8H2,1-3H3;1H. The van der Waals surface area contributed by atoms with Crippen LogP contribution in [0.1, 0.15) is 27.2 Å². The lowest BCUT2D eigenvalue weighted by Crippen LogP contribution is -2.58. The van der Waals surface area contributed by atoms with E-state index in [2.05, 4.69) is 19.2 Å². The minimum absolute atomic E-state index is 0. The molecule has 2 saturated heterocycles. The van der Waals surface area contributed by atoms with Gasteiger partial charge in [0, 0.05) is 44.7 Å². The highest BCUT2D eigenvalue weighted by Gasteiger charge is 2.38. The van der Waals surface area contributed by atoms with Gasteiger partial charge in [-0.15, -0.1) is 12.4 Å². The fourth-order valence-electron chi connectivity index (χ4n) is 2.85. The maximum atomic E-state index is 12.5. The van der Waals surface area contributed by atoms with E-state index in [0.717, 1.165) is 13.1 Å². The number of nitrogens with one attached hydrogen (secondary N) is 1. The summed E-state index contributed by atoms with van der Waals surface area (Å²) in [6.07, 6.45) is 0.387. The molecule has 19 heavy (non-hydrogen) atoms. The van der Waals surface area contributed by atoms with Crippen LogP contribution in [-0.4, -0.2) is 59.9 Å². The van der Waals surface area contributed by atoms with Gasteiger partial charge in [-0.05, 0) is 20.8 Å². The van der Waals surface area contributed by atoms with Gasteiger partial charge >= 0.3 is 0 Å². The van der Waals surface area contributed by atoms with Gasteiger partial charge in [-0.3, -0.25) is 9.59 Å². The Labute approximate surface area is 121 Å². The van der Waals surface area contributed by atoms with Gasteiger partial charge in [0.25, 0.3) is 0 Å². The predicted octanol–water partition coefficient (Wildman–Crippen LogP) is 0.485. The van der Waals surface area contributed by atoms with E-state index in [1.54, 1.807) is 4.90 Å². The molecule has 5 nitrogen and oxygen atoms in total. The van der Waals surface area contributed by atoms with Crippen molar-refractivity contribution in [1.29, 1.82) is 0 Å². The summed E-state index contributed by atoms with van der Waals surface area (Å²) in [7, 11) is 0. The van der Waals surface area contributed by atoms with E-state index in [1.165, 1.54) is 0 Å². The summed E-state index contributed by atoms with van der Waals surface area (Å²) in [5.41, 5.74) is 0. The first kappa shape index (κ1) is 16.2. The maximum absolute atomic E-state index is 12.5. The van der Waals surface area contributed by atoms with E-state index < -0.39 is 0 Å².